The standard InChI is InChI=1S/C23H22N2O2S/c1-16-8-11-20(14-17(16)2)24-23(28)25-22(26)19-9-12-21(13-10-19)27-15-18-6-4-3-5-7-18/h3-14H,15H2,1-2H3,(H2,24,25,26,28). The highest BCUT2D eigenvalue weighted by Gasteiger charge is 2.09. The normalized spacial score (nSPS) is 10.2. The summed E-state index contributed by atoms with van der Waals surface area (Å²) in [5.41, 5.74) is 4.81. The number of hydrogen-bond acceptors (Lipinski definition) is 3. The van der Waals surface area contributed by atoms with Gasteiger partial charge in [0.2, 0.25) is 0 Å². The molecule has 4 nitrogen and oxygen atoms in total. The molecule has 0 unspecified atom stereocenters. The van der Waals surface area contributed by atoms with Crippen LogP contribution in [-0.2, 0) is 6.61 Å². The Hall–Kier alpha value is -3.18. The van der Waals surface area contributed by atoms with Crippen LogP contribution in [0.5, 0.6) is 5.75 Å². The van der Waals surface area contributed by atoms with Gasteiger partial charge in [-0.2, -0.15) is 0 Å². The first-order valence-corrected chi connectivity index (χ1v) is 9.38. The highest BCUT2D eigenvalue weighted by atomic mass is 32.1. The van der Waals surface area contributed by atoms with Crippen LogP contribution in [0.1, 0.15) is 27.0 Å². The lowest BCUT2D eigenvalue weighted by Crippen LogP contribution is -2.34. The molecule has 2 N–H and O–H groups in total. The lowest BCUT2D eigenvalue weighted by Gasteiger charge is -2.11. The predicted octanol–water partition coefficient (Wildman–Crippen LogP) is 5.01. The monoisotopic (exact) mass is 390 g/mol. The molecule has 0 atom stereocenters. The predicted molar refractivity (Wildman–Crippen MR) is 117 cm³/mol. The van der Waals surface area contributed by atoms with Crippen LogP contribution in [0.2, 0.25) is 0 Å². The van der Waals surface area contributed by atoms with Crippen LogP contribution in [0.25, 0.3) is 0 Å². The second-order valence-electron chi connectivity index (χ2n) is 6.51. The number of thiocarbonyl (C=S) groups is 1. The van der Waals surface area contributed by atoms with Crippen molar-refractivity contribution in [2.24, 2.45) is 0 Å². The van der Waals surface area contributed by atoms with Gasteiger partial charge in [0.1, 0.15) is 12.4 Å². The number of anilines is 1. The number of carbonyl (C=O) groups is 1. The summed E-state index contributed by atoms with van der Waals surface area (Å²) in [5, 5.41) is 5.99. The number of amides is 1. The molecule has 0 heterocycles. The van der Waals surface area contributed by atoms with Crippen molar-refractivity contribution in [3.8, 4) is 5.75 Å². The molecule has 0 aliphatic carbocycles. The molecular weight excluding hydrogens is 368 g/mol. The first kappa shape index (κ1) is 19.6. The first-order chi connectivity index (χ1) is 13.5. The minimum Gasteiger partial charge on any atom is -0.489 e. The van der Waals surface area contributed by atoms with Gasteiger partial charge in [0.15, 0.2) is 5.11 Å². The van der Waals surface area contributed by atoms with Crippen LogP contribution in [0.15, 0.2) is 72.8 Å². The second-order valence-corrected chi connectivity index (χ2v) is 6.91. The fraction of sp³-hybridized carbons (Fsp3) is 0.130. The van der Waals surface area contributed by atoms with Gasteiger partial charge in [-0.25, -0.2) is 0 Å². The molecule has 0 saturated carbocycles. The summed E-state index contributed by atoms with van der Waals surface area (Å²) < 4.78 is 5.74. The molecule has 5 heteroatoms. The van der Waals surface area contributed by atoms with E-state index in [9.17, 15) is 4.79 Å². The average molecular weight is 391 g/mol. The third-order valence-corrected chi connectivity index (χ3v) is 4.56. The van der Waals surface area contributed by atoms with Crippen molar-refractivity contribution in [3.05, 3.63) is 95.1 Å². The molecule has 0 aliphatic heterocycles. The van der Waals surface area contributed by atoms with Crippen LogP contribution in [0, 0.1) is 13.8 Å². The Morgan fingerprint density at radius 1 is 0.929 bits per heavy atom. The molecule has 0 spiro atoms. The number of hydrogen-bond donors (Lipinski definition) is 2. The quantitative estimate of drug-likeness (QED) is 0.601. The Kier molecular flexibility index (Phi) is 6.40. The van der Waals surface area contributed by atoms with E-state index in [1.54, 1.807) is 24.3 Å². The maximum absolute atomic E-state index is 12.4. The number of nitrogens with one attached hydrogen (secondary N) is 2. The molecule has 3 aromatic rings. The van der Waals surface area contributed by atoms with Gasteiger partial charge in [-0.1, -0.05) is 36.4 Å². The summed E-state index contributed by atoms with van der Waals surface area (Å²) in [6, 6.07) is 22.8. The molecule has 3 rings (SSSR count). The zero-order chi connectivity index (χ0) is 19.9. The summed E-state index contributed by atoms with van der Waals surface area (Å²) in [4.78, 5) is 12.4. The Balaban J connectivity index is 1.53. The van der Waals surface area contributed by atoms with Crippen LogP contribution >= 0.6 is 12.2 Å². The third-order valence-electron chi connectivity index (χ3n) is 4.36. The SMILES string of the molecule is Cc1ccc(NC(=S)NC(=O)c2ccc(OCc3ccccc3)cc2)cc1C. The molecule has 28 heavy (non-hydrogen) atoms. The van der Waals surface area contributed by atoms with Crippen molar-refractivity contribution in [1.29, 1.82) is 0 Å². The molecule has 1 amide bonds. The van der Waals surface area contributed by atoms with E-state index in [2.05, 4.69) is 10.6 Å². The van der Waals surface area contributed by atoms with E-state index in [4.69, 9.17) is 17.0 Å². The lowest BCUT2D eigenvalue weighted by atomic mass is 10.1. The van der Waals surface area contributed by atoms with Crippen LogP contribution in [-0.4, -0.2) is 11.0 Å². The zero-order valence-electron chi connectivity index (χ0n) is 15.9. The maximum atomic E-state index is 12.4. The van der Waals surface area contributed by atoms with Crippen molar-refractivity contribution in [2.75, 3.05) is 5.32 Å². The summed E-state index contributed by atoms with van der Waals surface area (Å²) in [6.45, 7) is 4.56. The minimum absolute atomic E-state index is 0.262. The Labute approximate surface area is 170 Å². The first-order valence-electron chi connectivity index (χ1n) is 8.97. The average Bonchev–Trinajstić information content (AvgIpc) is 2.70. The van der Waals surface area contributed by atoms with Crippen molar-refractivity contribution >= 4 is 28.9 Å². The highest BCUT2D eigenvalue weighted by Crippen LogP contribution is 2.15. The molecule has 0 saturated heterocycles. The fourth-order valence-corrected chi connectivity index (χ4v) is 2.81. The number of rotatable bonds is 5. The van der Waals surface area contributed by atoms with Gasteiger partial charge in [0, 0.05) is 11.3 Å². The van der Waals surface area contributed by atoms with Gasteiger partial charge >= 0.3 is 0 Å². The Bertz CT molecular complexity index is 970. The van der Waals surface area contributed by atoms with Gasteiger partial charge < -0.3 is 10.1 Å². The van der Waals surface area contributed by atoms with E-state index in [1.807, 2.05) is 62.4 Å². The summed E-state index contributed by atoms with van der Waals surface area (Å²) >= 11 is 5.24. The second kappa shape index (κ2) is 9.15. The molecular formula is C23H22N2O2S. The topological polar surface area (TPSA) is 50.4 Å². The molecule has 0 aliphatic rings. The van der Waals surface area contributed by atoms with Gasteiger partial charge in [-0.3, -0.25) is 10.1 Å². The van der Waals surface area contributed by atoms with Gasteiger partial charge in [-0.15, -0.1) is 0 Å². The summed E-state index contributed by atoms with van der Waals surface area (Å²) in [6.07, 6.45) is 0. The molecule has 0 radical (unpaired) electrons. The molecule has 3 aromatic carbocycles. The van der Waals surface area contributed by atoms with Crippen molar-refractivity contribution < 1.29 is 9.53 Å². The van der Waals surface area contributed by atoms with Crippen LogP contribution in [0.4, 0.5) is 5.69 Å². The van der Waals surface area contributed by atoms with Crippen molar-refractivity contribution in [1.82, 2.24) is 5.32 Å². The van der Waals surface area contributed by atoms with Gasteiger partial charge in [-0.05, 0) is 79.2 Å². The third kappa shape index (κ3) is 5.41. The summed E-state index contributed by atoms with van der Waals surface area (Å²) in [5.74, 6) is 0.437. The molecule has 0 bridgehead atoms. The van der Waals surface area contributed by atoms with E-state index in [-0.39, 0.29) is 11.0 Å². The van der Waals surface area contributed by atoms with E-state index in [0.717, 1.165) is 16.8 Å². The molecule has 0 aromatic heterocycles. The largest absolute Gasteiger partial charge is 0.489 e. The Morgan fingerprint density at radius 3 is 2.32 bits per heavy atom. The minimum atomic E-state index is -0.268. The van der Waals surface area contributed by atoms with Crippen LogP contribution in [0.3, 0.4) is 0 Å². The lowest BCUT2D eigenvalue weighted by molar-refractivity contribution is 0.0977. The van der Waals surface area contributed by atoms with Crippen molar-refractivity contribution in [3.63, 3.8) is 0 Å². The molecule has 142 valence electrons. The molecule has 0 fully saturated rings. The maximum Gasteiger partial charge on any atom is 0.257 e. The van der Waals surface area contributed by atoms with Crippen molar-refractivity contribution in [2.45, 2.75) is 20.5 Å². The number of ether oxygens (including phenoxy) is 1. The van der Waals surface area contributed by atoms with Gasteiger partial charge in [0.25, 0.3) is 5.91 Å². The highest BCUT2D eigenvalue weighted by molar-refractivity contribution is 7.80. The Morgan fingerprint density at radius 2 is 1.64 bits per heavy atom. The smallest absolute Gasteiger partial charge is 0.257 e. The summed E-state index contributed by atoms with van der Waals surface area (Å²) in [7, 11) is 0. The van der Waals surface area contributed by atoms with E-state index in [1.165, 1.54) is 5.56 Å². The number of benzene rings is 3. The van der Waals surface area contributed by atoms with E-state index in [0.29, 0.717) is 17.9 Å². The van der Waals surface area contributed by atoms with Crippen LogP contribution < -0.4 is 15.4 Å². The number of carbonyl (C=O) groups excluding carboxylic acids is 1. The van der Waals surface area contributed by atoms with Gasteiger partial charge in [0.05, 0.1) is 0 Å². The van der Waals surface area contributed by atoms with E-state index < -0.39 is 0 Å². The fourth-order valence-electron chi connectivity index (χ4n) is 2.60. The zero-order valence-corrected chi connectivity index (χ0v) is 16.7. The number of aryl methyl sites for hydroxylation is 2. The van der Waals surface area contributed by atoms with E-state index >= 15 is 0 Å².